The molecule has 0 saturated heterocycles. The van der Waals surface area contributed by atoms with Gasteiger partial charge in [-0.25, -0.2) is 8.78 Å². The third kappa shape index (κ3) is 2.90. The Labute approximate surface area is 112 Å². The summed E-state index contributed by atoms with van der Waals surface area (Å²) in [6.45, 7) is -0.0120. The number of benzene rings is 1. The molecule has 2 rings (SSSR count). The van der Waals surface area contributed by atoms with Crippen LogP contribution in [0, 0.1) is 0 Å². The first-order valence-corrected chi connectivity index (χ1v) is 6.21. The van der Waals surface area contributed by atoms with E-state index in [2.05, 4.69) is 21.2 Å². The van der Waals surface area contributed by atoms with Gasteiger partial charge < -0.3 is 20.5 Å². The molecule has 18 heavy (non-hydrogen) atoms. The van der Waals surface area contributed by atoms with Crippen molar-refractivity contribution in [1.29, 1.82) is 0 Å². The average Bonchev–Trinajstić information content (AvgIpc) is 2.78. The van der Waals surface area contributed by atoms with E-state index < -0.39 is 13.0 Å². The van der Waals surface area contributed by atoms with Crippen molar-refractivity contribution in [3.63, 3.8) is 0 Å². The number of halogens is 3. The Morgan fingerprint density at radius 1 is 1.39 bits per heavy atom. The first-order chi connectivity index (χ1) is 8.61. The van der Waals surface area contributed by atoms with Crippen LogP contribution >= 0.6 is 15.9 Å². The van der Waals surface area contributed by atoms with Gasteiger partial charge >= 0.3 is 0 Å². The number of nitrogens with one attached hydrogen (secondary N) is 1. The fraction of sp³-hybridized carbons (Fsp3) is 0.455. The van der Waals surface area contributed by atoms with E-state index >= 15 is 0 Å². The van der Waals surface area contributed by atoms with Crippen molar-refractivity contribution in [3.05, 3.63) is 22.2 Å². The monoisotopic (exact) mass is 322 g/mol. The zero-order chi connectivity index (χ0) is 13.1. The number of rotatable bonds is 5. The molecule has 7 heteroatoms. The molecule has 1 aliphatic heterocycles. The molecule has 0 aliphatic carbocycles. The van der Waals surface area contributed by atoms with Crippen LogP contribution in [0.4, 0.5) is 8.78 Å². The molecule has 3 N–H and O–H groups in total. The van der Waals surface area contributed by atoms with E-state index in [0.29, 0.717) is 11.5 Å². The highest BCUT2D eigenvalue weighted by Crippen LogP contribution is 2.41. The molecule has 0 spiro atoms. The van der Waals surface area contributed by atoms with Gasteiger partial charge in [0.25, 0.3) is 6.43 Å². The van der Waals surface area contributed by atoms with Crippen molar-refractivity contribution >= 4 is 15.9 Å². The highest BCUT2D eigenvalue weighted by Gasteiger charge is 2.21. The Bertz CT molecular complexity index is 432. The number of hydrogen-bond donors (Lipinski definition) is 2. The molecule has 1 atom stereocenters. The second kappa shape index (κ2) is 5.81. The van der Waals surface area contributed by atoms with Crippen LogP contribution in [-0.4, -0.2) is 26.3 Å². The van der Waals surface area contributed by atoms with Crippen LogP contribution < -0.4 is 20.5 Å². The van der Waals surface area contributed by atoms with E-state index in [9.17, 15) is 8.78 Å². The first-order valence-electron chi connectivity index (χ1n) is 5.42. The van der Waals surface area contributed by atoms with Crippen molar-refractivity contribution in [2.24, 2.45) is 5.73 Å². The van der Waals surface area contributed by atoms with Gasteiger partial charge in [-0.15, -0.1) is 0 Å². The lowest BCUT2D eigenvalue weighted by Crippen LogP contribution is -2.31. The Hall–Kier alpha value is -0.920. The van der Waals surface area contributed by atoms with E-state index in [4.69, 9.17) is 15.2 Å². The predicted molar refractivity (Wildman–Crippen MR) is 66.1 cm³/mol. The largest absolute Gasteiger partial charge is 0.454 e. The molecule has 1 aromatic rings. The SMILES string of the molecule is NCC(NCC(F)F)c1cc(Br)c2c(c1)OCO2. The zero-order valence-electron chi connectivity index (χ0n) is 9.46. The second-order valence-electron chi connectivity index (χ2n) is 3.82. The smallest absolute Gasteiger partial charge is 0.250 e. The quantitative estimate of drug-likeness (QED) is 0.871. The minimum Gasteiger partial charge on any atom is -0.454 e. The van der Waals surface area contributed by atoms with E-state index in [1.807, 2.05) is 0 Å². The summed E-state index contributed by atoms with van der Waals surface area (Å²) < 4.78 is 35.6. The van der Waals surface area contributed by atoms with Crippen LogP contribution in [0.5, 0.6) is 11.5 Å². The zero-order valence-corrected chi connectivity index (χ0v) is 11.0. The van der Waals surface area contributed by atoms with Gasteiger partial charge in [0.05, 0.1) is 11.0 Å². The molecule has 0 fully saturated rings. The fourth-order valence-electron chi connectivity index (χ4n) is 1.76. The van der Waals surface area contributed by atoms with Gasteiger partial charge in [-0.05, 0) is 33.6 Å². The molecule has 1 heterocycles. The van der Waals surface area contributed by atoms with Crippen LogP contribution in [0.3, 0.4) is 0 Å². The van der Waals surface area contributed by atoms with Gasteiger partial charge in [-0.3, -0.25) is 0 Å². The summed E-state index contributed by atoms with van der Waals surface area (Å²) in [4.78, 5) is 0. The van der Waals surface area contributed by atoms with Crippen molar-refractivity contribution in [2.45, 2.75) is 12.5 Å². The normalized spacial score (nSPS) is 15.2. The van der Waals surface area contributed by atoms with E-state index in [1.165, 1.54) is 0 Å². The van der Waals surface area contributed by atoms with Crippen molar-refractivity contribution in [1.82, 2.24) is 5.32 Å². The van der Waals surface area contributed by atoms with Crippen LogP contribution in [-0.2, 0) is 0 Å². The van der Waals surface area contributed by atoms with Gasteiger partial charge in [-0.1, -0.05) is 0 Å². The molecule has 100 valence electrons. The van der Waals surface area contributed by atoms with E-state index in [0.717, 1.165) is 10.0 Å². The molecule has 0 amide bonds. The summed E-state index contributed by atoms with van der Waals surface area (Å²) in [5.74, 6) is 1.22. The maximum absolute atomic E-state index is 12.2. The molecular formula is C11H13BrF2N2O2. The molecule has 0 radical (unpaired) electrons. The molecule has 0 bridgehead atoms. The van der Waals surface area contributed by atoms with Crippen molar-refractivity contribution in [2.75, 3.05) is 19.9 Å². The summed E-state index contributed by atoms with van der Waals surface area (Å²) in [6, 6.07) is 3.21. The highest BCUT2D eigenvalue weighted by molar-refractivity contribution is 9.10. The van der Waals surface area contributed by atoms with Gasteiger partial charge in [0.2, 0.25) is 6.79 Å². The van der Waals surface area contributed by atoms with Gasteiger partial charge in [0, 0.05) is 12.6 Å². The molecular weight excluding hydrogens is 310 g/mol. The lowest BCUT2D eigenvalue weighted by Gasteiger charge is -2.18. The van der Waals surface area contributed by atoms with Crippen LogP contribution in [0.25, 0.3) is 0 Å². The Morgan fingerprint density at radius 3 is 2.83 bits per heavy atom. The second-order valence-corrected chi connectivity index (χ2v) is 4.68. The lowest BCUT2D eigenvalue weighted by atomic mass is 10.1. The lowest BCUT2D eigenvalue weighted by molar-refractivity contribution is 0.141. The summed E-state index contributed by atoms with van der Waals surface area (Å²) in [5.41, 5.74) is 6.38. The number of alkyl halides is 2. The van der Waals surface area contributed by atoms with Crippen LogP contribution in [0.15, 0.2) is 16.6 Å². The first kappa shape index (κ1) is 13.5. The number of hydrogen-bond acceptors (Lipinski definition) is 4. The molecule has 4 nitrogen and oxygen atoms in total. The standard InChI is InChI=1S/C11H13BrF2N2O2/c12-7-1-6(2-9-11(7)18-5-17-9)8(3-15)16-4-10(13)14/h1-2,8,10,16H,3-5,15H2. The Morgan fingerprint density at radius 2 is 2.17 bits per heavy atom. The molecule has 1 aromatic carbocycles. The molecule has 0 saturated carbocycles. The summed E-state index contributed by atoms with van der Waals surface area (Å²) in [5, 5.41) is 2.71. The molecule has 1 aliphatic rings. The highest BCUT2D eigenvalue weighted by atomic mass is 79.9. The minimum atomic E-state index is -2.41. The van der Waals surface area contributed by atoms with E-state index in [1.54, 1.807) is 12.1 Å². The number of ether oxygens (including phenoxy) is 2. The van der Waals surface area contributed by atoms with Gasteiger partial charge in [0.1, 0.15) is 0 Å². The third-order valence-electron chi connectivity index (χ3n) is 2.61. The maximum atomic E-state index is 12.2. The minimum absolute atomic E-state index is 0.162. The maximum Gasteiger partial charge on any atom is 0.250 e. The van der Waals surface area contributed by atoms with Crippen molar-refractivity contribution in [3.8, 4) is 11.5 Å². The number of fused-ring (bicyclic) bond motifs is 1. The topological polar surface area (TPSA) is 56.5 Å². The van der Waals surface area contributed by atoms with Crippen LogP contribution in [0.2, 0.25) is 0 Å². The van der Waals surface area contributed by atoms with Crippen molar-refractivity contribution < 1.29 is 18.3 Å². The van der Waals surface area contributed by atoms with Gasteiger partial charge in [-0.2, -0.15) is 0 Å². The summed E-state index contributed by atoms with van der Waals surface area (Å²) in [6.07, 6.45) is -2.41. The van der Waals surface area contributed by atoms with Gasteiger partial charge in [0.15, 0.2) is 11.5 Å². The predicted octanol–water partition coefficient (Wildman–Crippen LogP) is 2.03. The Kier molecular flexibility index (Phi) is 4.36. The average molecular weight is 323 g/mol. The fourth-order valence-corrected chi connectivity index (χ4v) is 2.33. The van der Waals surface area contributed by atoms with E-state index in [-0.39, 0.29) is 19.4 Å². The molecule has 1 unspecified atom stereocenters. The summed E-state index contributed by atoms with van der Waals surface area (Å²) in [7, 11) is 0. The molecule has 0 aromatic heterocycles. The Balaban J connectivity index is 2.18. The third-order valence-corrected chi connectivity index (χ3v) is 3.20. The summed E-state index contributed by atoms with van der Waals surface area (Å²) >= 11 is 3.35. The van der Waals surface area contributed by atoms with Crippen LogP contribution in [0.1, 0.15) is 11.6 Å². The number of nitrogens with two attached hydrogens (primary N) is 1.